The average Bonchev–Trinajstić information content (AvgIpc) is 2.38. The van der Waals surface area contributed by atoms with Crippen LogP contribution in [0.15, 0.2) is 0 Å². The maximum Gasteiger partial charge on any atom is 0.0219 e. The molecule has 0 aromatic rings. The molecule has 0 aliphatic heterocycles. The third-order valence-corrected chi connectivity index (χ3v) is 4.58. The van der Waals surface area contributed by atoms with Crippen molar-refractivity contribution in [1.82, 2.24) is 10.6 Å². The molecule has 0 radical (unpaired) electrons. The Kier molecular flexibility index (Phi) is 5.89. The molecule has 2 aliphatic rings. The highest BCUT2D eigenvalue weighted by Gasteiger charge is 2.22. The summed E-state index contributed by atoms with van der Waals surface area (Å²) in [6, 6.07) is 1.77. The Morgan fingerprint density at radius 3 is 1.44 bits per heavy atom. The summed E-state index contributed by atoms with van der Waals surface area (Å²) in [5.74, 6) is 0. The maximum atomic E-state index is 6.12. The Morgan fingerprint density at radius 2 is 1.06 bits per heavy atom. The van der Waals surface area contributed by atoms with E-state index >= 15 is 0 Å². The molecule has 0 heterocycles. The van der Waals surface area contributed by atoms with Gasteiger partial charge >= 0.3 is 0 Å². The summed E-state index contributed by atoms with van der Waals surface area (Å²) in [4.78, 5) is 0. The molecule has 18 heavy (non-hydrogen) atoms. The van der Waals surface area contributed by atoms with Gasteiger partial charge in [-0.05, 0) is 25.7 Å². The first-order valence-electron chi connectivity index (χ1n) is 7.75. The summed E-state index contributed by atoms with van der Waals surface area (Å²) >= 11 is 0. The Labute approximate surface area is 111 Å². The van der Waals surface area contributed by atoms with Gasteiger partial charge in [0.2, 0.25) is 0 Å². The second kappa shape index (κ2) is 7.43. The van der Waals surface area contributed by atoms with Gasteiger partial charge < -0.3 is 22.1 Å². The van der Waals surface area contributed by atoms with Crippen molar-refractivity contribution in [1.29, 1.82) is 0 Å². The minimum Gasteiger partial charge on any atom is -0.326 e. The second-order valence-corrected chi connectivity index (χ2v) is 6.02. The Hall–Kier alpha value is -0.160. The fourth-order valence-electron chi connectivity index (χ4n) is 3.34. The minimum absolute atomic E-state index is 0.357. The summed E-state index contributed by atoms with van der Waals surface area (Å²) < 4.78 is 0. The van der Waals surface area contributed by atoms with Gasteiger partial charge in [0.25, 0.3) is 0 Å². The van der Waals surface area contributed by atoms with Gasteiger partial charge in [0.05, 0.1) is 0 Å². The van der Waals surface area contributed by atoms with Crippen LogP contribution in [-0.4, -0.2) is 37.3 Å². The van der Waals surface area contributed by atoms with Crippen LogP contribution in [0.5, 0.6) is 0 Å². The molecule has 0 aromatic heterocycles. The van der Waals surface area contributed by atoms with Gasteiger partial charge in [-0.15, -0.1) is 0 Å². The van der Waals surface area contributed by atoms with Crippen molar-refractivity contribution in [3.63, 3.8) is 0 Å². The lowest BCUT2D eigenvalue weighted by molar-refractivity contribution is 0.306. The van der Waals surface area contributed by atoms with E-state index in [0.29, 0.717) is 24.2 Å². The molecule has 2 aliphatic carbocycles. The quantitative estimate of drug-likeness (QED) is 0.545. The van der Waals surface area contributed by atoms with Gasteiger partial charge in [-0.1, -0.05) is 25.7 Å². The van der Waals surface area contributed by atoms with Crippen LogP contribution in [0.4, 0.5) is 0 Å². The predicted octanol–water partition coefficient (Wildman–Crippen LogP) is 0.705. The zero-order valence-electron chi connectivity index (χ0n) is 11.5. The van der Waals surface area contributed by atoms with Crippen molar-refractivity contribution >= 4 is 0 Å². The van der Waals surface area contributed by atoms with Crippen LogP contribution in [0.3, 0.4) is 0 Å². The summed E-state index contributed by atoms with van der Waals surface area (Å²) in [6.45, 7) is 2.03. The van der Waals surface area contributed by atoms with E-state index in [1.54, 1.807) is 0 Å². The number of nitrogens with two attached hydrogens (primary N) is 2. The van der Waals surface area contributed by atoms with E-state index in [4.69, 9.17) is 11.5 Å². The van der Waals surface area contributed by atoms with Gasteiger partial charge in [0.1, 0.15) is 0 Å². The highest BCUT2D eigenvalue weighted by molar-refractivity contribution is 4.86. The van der Waals surface area contributed by atoms with E-state index in [1.165, 1.54) is 51.4 Å². The zero-order valence-corrected chi connectivity index (χ0v) is 11.5. The second-order valence-electron chi connectivity index (χ2n) is 6.02. The Balaban J connectivity index is 1.57. The molecule has 0 unspecified atom stereocenters. The minimum atomic E-state index is 0.357. The number of hydrogen-bond acceptors (Lipinski definition) is 4. The largest absolute Gasteiger partial charge is 0.326 e. The third-order valence-electron chi connectivity index (χ3n) is 4.58. The van der Waals surface area contributed by atoms with E-state index in [2.05, 4.69) is 10.6 Å². The smallest absolute Gasteiger partial charge is 0.0219 e. The van der Waals surface area contributed by atoms with E-state index in [9.17, 15) is 0 Å². The molecule has 106 valence electrons. The fourth-order valence-corrected chi connectivity index (χ4v) is 3.34. The van der Waals surface area contributed by atoms with E-state index in [-0.39, 0.29) is 0 Å². The van der Waals surface area contributed by atoms with Crippen LogP contribution >= 0.6 is 0 Å². The lowest BCUT2D eigenvalue weighted by Crippen LogP contribution is -2.51. The molecule has 0 saturated heterocycles. The van der Waals surface area contributed by atoms with Crippen molar-refractivity contribution in [2.24, 2.45) is 11.5 Å². The molecule has 4 atom stereocenters. The lowest BCUT2D eigenvalue weighted by atomic mass is 9.90. The van der Waals surface area contributed by atoms with Crippen LogP contribution in [0.1, 0.15) is 51.4 Å². The van der Waals surface area contributed by atoms with Crippen LogP contribution in [-0.2, 0) is 0 Å². The third kappa shape index (κ3) is 4.19. The van der Waals surface area contributed by atoms with Crippen molar-refractivity contribution in [3.05, 3.63) is 0 Å². The summed E-state index contributed by atoms with van der Waals surface area (Å²) in [6.07, 6.45) is 10.1. The normalized spacial score (nSPS) is 37.7. The first-order valence-corrected chi connectivity index (χ1v) is 7.75. The van der Waals surface area contributed by atoms with Gasteiger partial charge in [-0.2, -0.15) is 0 Å². The summed E-state index contributed by atoms with van der Waals surface area (Å²) in [7, 11) is 0. The average molecular weight is 254 g/mol. The van der Waals surface area contributed by atoms with Crippen molar-refractivity contribution in [2.45, 2.75) is 75.5 Å². The molecular formula is C14H30N4. The molecule has 2 fully saturated rings. The molecular weight excluding hydrogens is 224 g/mol. The van der Waals surface area contributed by atoms with Gasteiger partial charge in [-0.3, -0.25) is 0 Å². The molecule has 0 spiro atoms. The first-order chi connectivity index (χ1) is 8.77. The van der Waals surface area contributed by atoms with E-state index < -0.39 is 0 Å². The molecule has 0 amide bonds. The number of nitrogens with one attached hydrogen (secondary N) is 2. The van der Waals surface area contributed by atoms with Crippen LogP contribution < -0.4 is 22.1 Å². The predicted molar refractivity (Wildman–Crippen MR) is 76.5 cm³/mol. The van der Waals surface area contributed by atoms with Crippen LogP contribution in [0.25, 0.3) is 0 Å². The molecule has 6 N–H and O–H groups in total. The molecule has 2 saturated carbocycles. The van der Waals surface area contributed by atoms with Gasteiger partial charge in [0.15, 0.2) is 0 Å². The van der Waals surface area contributed by atoms with Crippen molar-refractivity contribution in [3.8, 4) is 0 Å². The molecule has 2 rings (SSSR count). The molecule has 0 aromatic carbocycles. The SMILES string of the molecule is N[C@@H]1CCCC[C@@H]1NCCN[C@@H]1CCCC[C@@H]1N. The molecule has 4 heteroatoms. The van der Waals surface area contributed by atoms with Crippen LogP contribution in [0.2, 0.25) is 0 Å². The Morgan fingerprint density at radius 1 is 0.667 bits per heavy atom. The monoisotopic (exact) mass is 254 g/mol. The summed E-state index contributed by atoms with van der Waals surface area (Å²) in [5, 5.41) is 7.19. The van der Waals surface area contributed by atoms with Crippen LogP contribution in [0, 0.1) is 0 Å². The molecule has 0 bridgehead atoms. The summed E-state index contributed by atoms with van der Waals surface area (Å²) in [5.41, 5.74) is 12.2. The first kappa shape index (κ1) is 14.3. The lowest BCUT2D eigenvalue weighted by Gasteiger charge is -2.31. The number of rotatable bonds is 5. The number of hydrogen-bond donors (Lipinski definition) is 4. The van der Waals surface area contributed by atoms with E-state index in [1.807, 2.05) is 0 Å². The fraction of sp³-hybridized carbons (Fsp3) is 1.00. The zero-order chi connectivity index (χ0) is 12.8. The Bertz CT molecular complexity index is 210. The maximum absolute atomic E-state index is 6.12. The van der Waals surface area contributed by atoms with Crippen molar-refractivity contribution in [2.75, 3.05) is 13.1 Å². The standard InChI is InChI=1S/C14H30N4/c15-11-5-1-3-7-13(11)17-9-10-18-14-8-4-2-6-12(14)16/h11-14,17-18H,1-10,15-16H2/t11-,12+,13+,14-. The van der Waals surface area contributed by atoms with E-state index in [0.717, 1.165) is 13.1 Å². The molecule has 4 nitrogen and oxygen atoms in total. The highest BCUT2D eigenvalue weighted by atomic mass is 15.0. The topological polar surface area (TPSA) is 76.1 Å². The van der Waals surface area contributed by atoms with Crippen molar-refractivity contribution < 1.29 is 0 Å². The highest BCUT2D eigenvalue weighted by Crippen LogP contribution is 2.17. The van der Waals surface area contributed by atoms with Gasteiger partial charge in [-0.25, -0.2) is 0 Å². The van der Waals surface area contributed by atoms with Gasteiger partial charge in [0, 0.05) is 37.3 Å².